The predicted molar refractivity (Wildman–Crippen MR) is 313 cm³/mol. The first kappa shape index (κ1) is 61.7. The Bertz CT molecular complexity index is 2860. The zero-order valence-corrected chi connectivity index (χ0v) is 50.8. The molecular weight excluding hydrogens is 1080 g/mol. The summed E-state index contributed by atoms with van der Waals surface area (Å²) in [5.41, 5.74) is 8.48. The number of halogens is 2. The van der Waals surface area contributed by atoms with Gasteiger partial charge in [0.05, 0.1) is 36.6 Å². The van der Waals surface area contributed by atoms with Gasteiger partial charge in [0, 0.05) is 74.1 Å². The van der Waals surface area contributed by atoms with Crippen LogP contribution in [0.3, 0.4) is 0 Å². The highest BCUT2D eigenvalue weighted by atomic mass is 35.5. The molecule has 0 bridgehead atoms. The third-order valence-electron chi connectivity index (χ3n) is 18.4. The van der Waals surface area contributed by atoms with Crippen LogP contribution in [0.25, 0.3) is 0 Å². The summed E-state index contributed by atoms with van der Waals surface area (Å²) in [6, 6.07) is 28.9. The van der Waals surface area contributed by atoms with Gasteiger partial charge in [0.25, 0.3) is 0 Å². The lowest BCUT2D eigenvalue weighted by molar-refractivity contribution is -0.356. The number of rotatable bonds is 15. The van der Waals surface area contributed by atoms with Gasteiger partial charge in [-0.3, -0.25) is 19.2 Å². The number of methoxy groups -OCH3 is 1. The van der Waals surface area contributed by atoms with Crippen molar-refractivity contribution < 1.29 is 61.8 Å². The SMILES string of the molecule is CC[C@H]1OC(OC)(c2ccc(Cl)c(Cc3ccc(C4COC5(CCCC5)C4)cc3)c2)[C@H](OC(C)=O)[C@@H](OC(C)=O)[C@@H]1C.CC[C@H]1OC(c2ccc(Cl)c(Cc3ccc(C4COC5(CCCC5)C4)cc3)c2)[C@H](OC(C)=O)[C@@H](OC(C)=O)[C@@H]1C. The van der Waals surface area contributed by atoms with E-state index in [0.29, 0.717) is 46.7 Å². The van der Waals surface area contributed by atoms with Crippen LogP contribution in [0.5, 0.6) is 0 Å². The Morgan fingerprint density at radius 2 is 0.988 bits per heavy atom. The summed E-state index contributed by atoms with van der Waals surface area (Å²) in [6.07, 6.45) is 10.5. The quantitative estimate of drug-likeness (QED) is 0.0821. The van der Waals surface area contributed by atoms with Crippen LogP contribution in [0.4, 0.5) is 0 Å². The lowest BCUT2D eigenvalue weighted by atomic mass is 9.81. The molecule has 0 amide bonds. The van der Waals surface area contributed by atoms with E-state index in [1.165, 1.54) is 97.3 Å². The van der Waals surface area contributed by atoms with E-state index in [1.807, 2.05) is 64.1 Å². The van der Waals surface area contributed by atoms with Crippen molar-refractivity contribution in [2.45, 2.75) is 217 Å². The molecule has 15 heteroatoms. The number of hydrogen-bond acceptors (Lipinski definition) is 13. The van der Waals surface area contributed by atoms with Gasteiger partial charge in [-0.15, -0.1) is 0 Å². The smallest absolute Gasteiger partial charge is 0.303 e. The highest BCUT2D eigenvalue weighted by molar-refractivity contribution is 6.31. The number of benzene rings is 4. The number of ether oxygens (including phenoxy) is 9. The molecule has 4 aromatic rings. The van der Waals surface area contributed by atoms with Crippen LogP contribution in [-0.4, -0.2) is 92.0 Å². The van der Waals surface area contributed by atoms with Gasteiger partial charge in [0.1, 0.15) is 18.3 Å². The minimum absolute atomic E-state index is 0.100. The fourth-order valence-corrected chi connectivity index (χ4v) is 14.6. The van der Waals surface area contributed by atoms with Crippen LogP contribution in [0.2, 0.25) is 10.0 Å². The van der Waals surface area contributed by atoms with Crippen molar-refractivity contribution in [3.05, 3.63) is 139 Å². The molecule has 0 radical (unpaired) electrons. The van der Waals surface area contributed by atoms with Gasteiger partial charge >= 0.3 is 23.9 Å². The molecular formula is C67H84Cl2O13. The van der Waals surface area contributed by atoms with E-state index in [9.17, 15) is 19.2 Å². The van der Waals surface area contributed by atoms with Crippen LogP contribution >= 0.6 is 23.2 Å². The van der Waals surface area contributed by atoms with Gasteiger partial charge in [0.2, 0.25) is 5.79 Å². The zero-order valence-electron chi connectivity index (χ0n) is 49.3. The van der Waals surface area contributed by atoms with E-state index in [1.54, 1.807) is 0 Å². The second-order valence-electron chi connectivity index (χ2n) is 24.1. The molecule has 444 valence electrons. The molecule has 4 aliphatic heterocycles. The van der Waals surface area contributed by atoms with Crippen molar-refractivity contribution in [2.24, 2.45) is 11.8 Å². The molecule has 2 saturated carbocycles. The van der Waals surface area contributed by atoms with Crippen LogP contribution in [0, 0.1) is 11.8 Å². The van der Waals surface area contributed by atoms with Crippen LogP contribution in [-0.2, 0) is 80.4 Å². The average Bonchev–Trinajstić information content (AvgIpc) is 4.43. The average molecular weight is 1170 g/mol. The Morgan fingerprint density at radius 1 is 0.549 bits per heavy atom. The lowest BCUT2D eigenvalue weighted by Gasteiger charge is -2.50. The van der Waals surface area contributed by atoms with E-state index in [4.69, 9.17) is 65.8 Å². The van der Waals surface area contributed by atoms with E-state index >= 15 is 0 Å². The van der Waals surface area contributed by atoms with Gasteiger partial charge in [-0.2, -0.15) is 0 Å². The monoisotopic (exact) mass is 1170 g/mol. The van der Waals surface area contributed by atoms with Gasteiger partial charge in [-0.05, 0) is 121 Å². The molecule has 82 heavy (non-hydrogen) atoms. The standard InChI is InChI=1S/C34H43ClO7.C33H41ClO6/c1-6-30-21(2)31(40-22(3)36)32(41-23(4)37)34(38-5,42-30)28-13-14-29(35)26(18-28)17-24-9-11-25(12-10-24)27-19-33(39-20-27)15-7-8-16-33;1-5-29-20(2)30(38-21(3)35)32(39-22(4)36)31(40-29)25-12-13-28(34)26(17-25)16-23-8-10-24(11-9-23)27-18-33(37-19-27)14-6-7-15-33/h9-14,18,21,27,30-32H,6-8,15-17,19-20H2,1-5H3;8-13,17,20,27,29-32H,5-7,14-16,18-19H2,1-4H3/t21-,27?,30-,31+,32-,34?;20-,27?,29-,30+,31?,32-/m11/s1. The van der Waals surface area contributed by atoms with E-state index < -0.39 is 60.2 Å². The molecule has 12 atom stereocenters. The number of hydrogen-bond donors (Lipinski definition) is 0. The Balaban J connectivity index is 0.000000198. The fraction of sp³-hybridized carbons (Fsp3) is 0.582. The molecule has 4 unspecified atom stereocenters. The first-order valence-electron chi connectivity index (χ1n) is 29.9. The Labute approximate surface area is 495 Å². The summed E-state index contributed by atoms with van der Waals surface area (Å²) in [6.45, 7) is 15.0. The Morgan fingerprint density at radius 3 is 1.46 bits per heavy atom. The minimum atomic E-state index is -1.50. The summed E-state index contributed by atoms with van der Waals surface area (Å²) >= 11 is 13.4. The topological polar surface area (TPSA) is 151 Å². The van der Waals surface area contributed by atoms with Gasteiger partial charge in [0.15, 0.2) is 12.2 Å². The number of esters is 4. The maximum Gasteiger partial charge on any atom is 0.303 e. The lowest BCUT2D eigenvalue weighted by Crippen LogP contribution is -2.62. The van der Waals surface area contributed by atoms with Crippen molar-refractivity contribution in [3.8, 4) is 0 Å². The molecule has 6 fully saturated rings. The number of carbonyl (C=O) groups is 4. The summed E-state index contributed by atoms with van der Waals surface area (Å²) < 4.78 is 54.7. The largest absolute Gasteiger partial charge is 0.458 e. The van der Waals surface area contributed by atoms with E-state index in [-0.39, 0.29) is 35.2 Å². The molecule has 13 nitrogen and oxygen atoms in total. The van der Waals surface area contributed by atoms with Crippen LogP contribution in [0.1, 0.15) is 195 Å². The minimum Gasteiger partial charge on any atom is -0.458 e. The molecule has 2 spiro atoms. The molecule has 10 rings (SSSR count). The van der Waals surface area contributed by atoms with E-state index in [2.05, 4.69) is 48.5 Å². The van der Waals surface area contributed by atoms with Crippen molar-refractivity contribution in [3.63, 3.8) is 0 Å². The second kappa shape index (κ2) is 26.6. The normalized spacial score (nSPS) is 29.9. The molecule has 4 aromatic carbocycles. The van der Waals surface area contributed by atoms with Crippen LogP contribution in [0.15, 0.2) is 84.9 Å². The maximum absolute atomic E-state index is 12.3. The molecule has 4 saturated heterocycles. The third-order valence-corrected chi connectivity index (χ3v) is 19.2. The summed E-state index contributed by atoms with van der Waals surface area (Å²) in [5.74, 6) is -2.81. The fourth-order valence-electron chi connectivity index (χ4n) is 14.2. The molecule has 2 aliphatic carbocycles. The first-order valence-corrected chi connectivity index (χ1v) is 30.6. The Kier molecular flexibility index (Phi) is 20.0. The molecule has 0 aromatic heterocycles. The highest BCUT2D eigenvalue weighted by Crippen LogP contribution is 2.49. The molecule has 4 heterocycles. The maximum atomic E-state index is 12.3. The highest BCUT2D eigenvalue weighted by Gasteiger charge is 2.58. The second-order valence-corrected chi connectivity index (χ2v) is 24.9. The van der Waals surface area contributed by atoms with Crippen molar-refractivity contribution >= 4 is 47.1 Å². The summed E-state index contributed by atoms with van der Waals surface area (Å²) in [4.78, 5) is 48.5. The predicted octanol–water partition coefficient (Wildman–Crippen LogP) is 14.0. The molecule has 0 N–H and O–H groups in total. The van der Waals surface area contributed by atoms with E-state index in [0.717, 1.165) is 60.3 Å². The van der Waals surface area contributed by atoms with Gasteiger partial charge in [-0.25, -0.2) is 0 Å². The van der Waals surface area contributed by atoms with Crippen LogP contribution < -0.4 is 0 Å². The van der Waals surface area contributed by atoms with Gasteiger partial charge < -0.3 is 42.6 Å². The summed E-state index contributed by atoms with van der Waals surface area (Å²) in [5, 5.41) is 1.27. The van der Waals surface area contributed by atoms with Crippen molar-refractivity contribution in [1.82, 2.24) is 0 Å². The Hall–Kier alpha value is -4.86. The van der Waals surface area contributed by atoms with Gasteiger partial charge in [-0.1, -0.05) is 143 Å². The van der Waals surface area contributed by atoms with Crippen molar-refractivity contribution in [1.29, 1.82) is 0 Å². The zero-order chi connectivity index (χ0) is 58.5. The van der Waals surface area contributed by atoms with Crippen molar-refractivity contribution in [2.75, 3.05) is 20.3 Å². The number of carbonyl (C=O) groups excluding carboxylic acids is 4. The summed E-state index contributed by atoms with van der Waals surface area (Å²) in [7, 11) is 1.51. The molecule has 6 aliphatic rings. The first-order chi connectivity index (χ1) is 39.3. The third kappa shape index (κ3) is 13.8.